The highest BCUT2D eigenvalue weighted by Crippen LogP contribution is 2.27. The lowest BCUT2D eigenvalue weighted by molar-refractivity contribution is -0.122. The third-order valence-electron chi connectivity index (χ3n) is 5.87. The van der Waals surface area contributed by atoms with Gasteiger partial charge >= 0.3 is 0 Å². The number of amides is 1. The number of nitrogens with one attached hydrogen (secondary N) is 1. The minimum Gasteiger partial charge on any atom is -0.391 e. The fraction of sp³-hybridized carbons (Fsp3) is 0.524. The molecule has 144 valence electrons. The summed E-state index contributed by atoms with van der Waals surface area (Å²) < 4.78 is 2.04. The zero-order valence-corrected chi connectivity index (χ0v) is 15.6. The Morgan fingerprint density at radius 1 is 1.26 bits per heavy atom. The molecular formula is C21H28N4O2. The van der Waals surface area contributed by atoms with Crippen LogP contribution in [0, 0.1) is 5.92 Å². The Bertz CT molecular complexity index is 761. The van der Waals surface area contributed by atoms with Crippen LogP contribution in [0.15, 0.2) is 43.0 Å². The van der Waals surface area contributed by atoms with Crippen LogP contribution >= 0.6 is 0 Å². The molecule has 0 saturated heterocycles. The van der Waals surface area contributed by atoms with Crippen molar-refractivity contribution in [3.05, 3.63) is 54.1 Å². The first kappa shape index (κ1) is 18.2. The van der Waals surface area contributed by atoms with Crippen LogP contribution in [0.3, 0.4) is 0 Å². The second-order valence-electron chi connectivity index (χ2n) is 7.88. The van der Waals surface area contributed by atoms with Gasteiger partial charge in [0.2, 0.25) is 5.91 Å². The maximum atomic E-state index is 12.4. The molecule has 1 aliphatic carbocycles. The number of fused-ring (bicyclic) bond motifs is 1. The topological polar surface area (TPSA) is 70.4 Å². The summed E-state index contributed by atoms with van der Waals surface area (Å²) in [5.74, 6) is 0.416. The van der Waals surface area contributed by atoms with E-state index in [0.717, 1.165) is 45.4 Å². The molecule has 6 nitrogen and oxygen atoms in total. The Kier molecular flexibility index (Phi) is 5.55. The largest absolute Gasteiger partial charge is 0.391 e. The van der Waals surface area contributed by atoms with E-state index < -0.39 is 6.10 Å². The molecular weight excluding hydrogens is 340 g/mol. The molecule has 0 spiro atoms. The summed E-state index contributed by atoms with van der Waals surface area (Å²) in [5.41, 5.74) is 2.80. The first-order chi connectivity index (χ1) is 13.2. The Hall–Kier alpha value is -2.18. The summed E-state index contributed by atoms with van der Waals surface area (Å²) in [6, 6.07) is 8.41. The van der Waals surface area contributed by atoms with Crippen LogP contribution in [-0.2, 0) is 24.3 Å². The molecule has 0 bridgehead atoms. The summed E-state index contributed by atoms with van der Waals surface area (Å²) in [5, 5.41) is 13.4. The van der Waals surface area contributed by atoms with Gasteiger partial charge in [-0.15, -0.1) is 0 Å². The minimum absolute atomic E-state index is 0.0428. The van der Waals surface area contributed by atoms with E-state index in [0.29, 0.717) is 12.3 Å². The summed E-state index contributed by atoms with van der Waals surface area (Å²) in [6.45, 7) is 3.53. The Balaban J connectivity index is 1.22. The molecule has 27 heavy (non-hydrogen) atoms. The van der Waals surface area contributed by atoms with E-state index in [1.54, 1.807) is 12.5 Å². The third kappa shape index (κ3) is 4.57. The number of carbonyl (C=O) groups excluding carboxylic acids is 1. The maximum absolute atomic E-state index is 12.4. The molecule has 1 amide bonds. The van der Waals surface area contributed by atoms with Gasteiger partial charge in [0, 0.05) is 45.0 Å². The fourth-order valence-electron chi connectivity index (χ4n) is 4.40. The lowest BCUT2D eigenvalue weighted by atomic mass is 10.00. The molecule has 4 rings (SSSR count). The lowest BCUT2D eigenvalue weighted by Gasteiger charge is -2.28. The van der Waals surface area contributed by atoms with Crippen LogP contribution in [0.25, 0.3) is 0 Å². The van der Waals surface area contributed by atoms with E-state index in [2.05, 4.69) is 39.5 Å². The number of rotatable bonds is 6. The van der Waals surface area contributed by atoms with Crippen LogP contribution < -0.4 is 5.32 Å². The van der Waals surface area contributed by atoms with Crippen molar-refractivity contribution in [2.75, 3.05) is 13.1 Å². The normalized spacial score (nSPS) is 25.3. The number of imidazole rings is 1. The van der Waals surface area contributed by atoms with Gasteiger partial charge in [-0.2, -0.15) is 0 Å². The van der Waals surface area contributed by atoms with Crippen molar-refractivity contribution in [1.29, 1.82) is 0 Å². The SMILES string of the molecule is O=C(CCN1CCc2ccccc2C1)N[C@@H]1CC(Cn2ccnc2)C[C@H]1O. The molecule has 6 heteroatoms. The van der Waals surface area contributed by atoms with Gasteiger partial charge in [-0.25, -0.2) is 4.98 Å². The lowest BCUT2D eigenvalue weighted by Crippen LogP contribution is -2.41. The predicted octanol–water partition coefficient (Wildman–Crippen LogP) is 1.59. The number of carbonyl (C=O) groups is 1. The van der Waals surface area contributed by atoms with Crippen molar-refractivity contribution in [2.45, 2.75) is 50.9 Å². The third-order valence-corrected chi connectivity index (χ3v) is 5.87. The van der Waals surface area contributed by atoms with Crippen LogP contribution in [0.4, 0.5) is 0 Å². The molecule has 1 aliphatic heterocycles. The molecule has 1 fully saturated rings. The fourth-order valence-corrected chi connectivity index (χ4v) is 4.40. The zero-order chi connectivity index (χ0) is 18.6. The first-order valence-corrected chi connectivity index (χ1v) is 9.89. The average molecular weight is 368 g/mol. The van der Waals surface area contributed by atoms with Gasteiger partial charge in [0.25, 0.3) is 0 Å². The highest BCUT2D eigenvalue weighted by Gasteiger charge is 2.34. The number of aliphatic hydroxyl groups excluding tert-OH is 1. The van der Waals surface area contributed by atoms with Crippen LogP contribution in [-0.4, -0.2) is 50.7 Å². The number of hydrogen-bond acceptors (Lipinski definition) is 4. The van der Waals surface area contributed by atoms with Crippen LogP contribution in [0.1, 0.15) is 30.4 Å². The first-order valence-electron chi connectivity index (χ1n) is 9.89. The van der Waals surface area contributed by atoms with E-state index in [4.69, 9.17) is 0 Å². The standard InChI is InChI=1S/C21H28N4O2/c26-20-12-16(13-25-10-7-22-15-25)11-19(20)23-21(27)6-9-24-8-5-17-3-1-2-4-18(17)14-24/h1-4,7,10,15-16,19-20,26H,5-6,8-9,11-14H2,(H,23,27)/t16?,19-,20-/m1/s1. The molecule has 2 aliphatic rings. The van der Waals surface area contributed by atoms with E-state index in [1.807, 2.05) is 10.8 Å². The van der Waals surface area contributed by atoms with Gasteiger partial charge in [-0.3, -0.25) is 9.69 Å². The summed E-state index contributed by atoms with van der Waals surface area (Å²) in [6.07, 6.45) is 8.14. The smallest absolute Gasteiger partial charge is 0.221 e. The molecule has 0 radical (unpaired) electrons. The van der Waals surface area contributed by atoms with Crippen LogP contribution in [0.2, 0.25) is 0 Å². The second-order valence-corrected chi connectivity index (χ2v) is 7.88. The summed E-state index contributed by atoms with van der Waals surface area (Å²) in [7, 11) is 0. The monoisotopic (exact) mass is 368 g/mol. The number of aliphatic hydroxyl groups is 1. The Labute approximate surface area is 160 Å². The quantitative estimate of drug-likeness (QED) is 0.812. The van der Waals surface area contributed by atoms with Crippen molar-refractivity contribution in [3.8, 4) is 0 Å². The second kappa shape index (κ2) is 8.23. The maximum Gasteiger partial charge on any atom is 0.221 e. The van der Waals surface area contributed by atoms with Crippen molar-refractivity contribution in [3.63, 3.8) is 0 Å². The summed E-state index contributed by atoms with van der Waals surface area (Å²) >= 11 is 0. The zero-order valence-electron chi connectivity index (χ0n) is 15.6. The Morgan fingerprint density at radius 2 is 2.11 bits per heavy atom. The van der Waals surface area contributed by atoms with Gasteiger partial charge in [0.1, 0.15) is 0 Å². The van der Waals surface area contributed by atoms with E-state index in [9.17, 15) is 9.90 Å². The molecule has 2 heterocycles. The van der Waals surface area contributed by atoms with Gasteiger partial charge in [-0.05, 0) is 36.3 Å². The van der Waals surface area contributed by atoms with Crippen molar-refractivity contribution in [2.24, 2.45) is 5.92 Å². The molecule has 3 atom stereocenters. The predicted molar refractivity (Wildman–Crippen MR) is 103 cm³/mol. The molecule has 1 aromatic carbocycles. The number of nitrogens with zero attached hydrogens (tertiary/aromatic N) is 3. The molecule has 2 aromatic rings. The molecule has 1 unspecified atom stereocenters. The van der Waals surface area contributed by atoms with E-state index in [-0.39, 0.29) is 11.9 Å². The van der Waals surface area contributed by atoms with Crippen molar-refractivity contribution < 1.29 is 9.90 Å². The van der Waals surface area contributed by atoms with Crippen molar-refractivity contribution >= 4 is 5.91 Å². The number of benzene rings is 1. The number of aromatic nitrogens is 2. The molecule has 1 aromatic heterocycles. The van der Waals surface area contributed by atoms with Crippen molar-refractivity contribution in [1.82, 2.24) is 19.8 Å². The average Bonchev–Trinajstić information content (AvgIpc) is 3.30. The number of hydrogen-bond donors (Lipinski definition) is 2. The molecule has 2 N–H and O–H groups in total. The van der Waals surface area contributed by atoms with Gasteiger partial charge in [0.15, 0.2) is 0 Å². The summed E-state index contributed by atoms with van der Waals surface area (Å²) in [4.78, 5) is 18.8. The minimum atomic E-state index is -0.454. The van der Waals surface area contributed by atoms with E-state index in [1.165, 1.54) is 11.1 Å². The van der Waals surface area contributed by atoms with Gasteiger partial charge in [-0.1, -0.05) is 24.3 Å². The van der Waals surface area contributed by atoms with Gasteiger partial charge < -0.3 is 15.0 Å². The molecule has 1 saturated carbocycles. The highest BCUT2D eigenvalue weighted by atomic mass is 16.3. The van der Waals surface area contributed by atoms with Crippen LogP contribution in [0.5, 0.6) is 0 Å². The van der Waals surface area contributed by atoms with E-state index >= 15 is 0 Å². The Morgan fingerprint density at radius 3 is 2.93 bits per heavy atom. The highest BCUT2D eigenvalue weighted by molar-refractivity contribution is 5.76. The van der Waals surface area contributed by atoms with Gasteiger partial charge in [0.05, 0.1) is 18.5 Å².